The van der Waals surface area contributed by atoms with E-state index in [0.717, 1.165) is 25.7 Å². The zero-order chi connectivity index (χ0) is 25.3. The lowest BCUT2D eigenvalue weighted by atomic mass is 10.1. The number of fused-ring (bicyclic) bond motifs is 1. The fraction of sp³-hybridized carbons (Fsp3) is 0.143. The minimum atomic E-state index is -1.22. The molecule has 3 heterocycles. The molecule has 4 rings (SSSR count). The molecular weight excluding hydrogens is 486 g/mol. The average molecular weight is 502 g/mol. The van der Waals surface area contributed by atoms with E-state index in [2.05, 4.69) is 37.9 Å². The highest BCUT2D eigenvalue weighted by molar-refractivity contribution is 7.80. The van der Waals surface area contributed by atoms with Gasteiger partial charge in [0, 0.05) is 19.2 Å². The lowest BCUT2D eigenvalue weighted by Crippen LogP contribution is -2.12. The Hall–Kier alpha value is -4.46. The molecule has 0 bridgehead atoms. The summed E-state index contributed by atoms with van der Waals surface area (Å²) in [5.74, 6) is -4.95. The average Bonchev–Trinajstić information content (AvgIpc) is 3.41. The first kappa shape index (κ1) is 23.7. The lowest BCUT2D eigenvalue weighted by molar-refractivity contribution is -0.109. The number of halogens is 2. The van der Waals surface area contributed by atoms with Crippen molar-refractivity contribution in [3.05, 3.63) is 47.6 Å². The molecule has 0 radical (unpaired) electrons. The third-order valence-corrected chi connectivity index (χ3v) is 4.92. The quantitative estimate of drug-likeness (QED) is 0.273. The molecule has 0 spiro atoms. The summed E-state index contributed by atoms with van der Waals surface area (Å²) in [7, 11) is 3.98. The number of benzene rings is 1. The Kier molecular flexibility index (Phi) is 6.38. The van der Waals surface area contributed by atoms with Gasteiger partial charge < -0.3 is 24.5 Å². The molecule has 4 aromatic rings. The number of hydrogen-bond acceptors (Lipinski definition) is 10. The van der Waals surface area contributed by atoms with Crippen LogP contribution in [0.3, 0.4) is 0 Å². The molecule has 0 saturated heterocycles. The van der Waals surface area contributed by atoms with Crippen LogP contribution in [0.1, 0.15) is 16.2 Å². The summed E-state index contributed by atoms with van der Waals surface area (Å²) >= 11 is 4.61. The number of pyridine rings is 1. The van der Waals surface area contributed by atoms with Crippen LogP contribution in [0.15, 0.2) is 28.9 Å². The molecule has 3 aromatic heterocycles. The monoisotopic (exact) mass is 502 g/mol. The van der Waals surface area contributed by atoms with Gasteiger partial charge in [0.15, 0.2) is 34.5 Å². The van der Waals surface area contributed by atoms with Crippen molar-refractivity contribution in [3.8, 4) is 11.5 Å². The summed E-state index contributed by atoms with van der Waals surface area (Å²) in [5, 5.41) is 10.6. The van der Waals surface area contributed by atoms with Gasteiger partial charge in [0.05, 0.1) is 32.0 Å². The van der Waals surface area contributed by atoms with Gasteiger partial charge in [-0.1, -0.05) is 12.2 Å². The molecule has 11 nitrogen and oxygen atoms in total. The molecule has 0 atom stereocenters. The number of anilines is 3. The summed E-state index contributed by atoms with van der Waals surface area (Å²) in [6, 6.07) is 2.41. The van der Waals surface area contributed by atoms with Crippen molar-refractivity contribution in [2.45, 2.75) is 0 Å². The van der Waals surface area contributed by atoms with E-state index in [1.165, 1.54) is 16.9 Å². The third kappa shape index (κ3) is 4.50. The number of amides is 1. The summed E-state index contributed by atoms with van der Waals surface area (Å²) in [5.41, 5.74) is -0.340. The van der Waals surface area contributed by atoms with E-state index in [4.69, 9.17) is 13.9 Å². The number of carbonyl (C=O) groups excluding carboxylic acids is 2. The summed E-state index contributed by atoms with van der Waals surface area (Å²) in [6.45, 7) is 0. The molecule has 14 heteroatoms. The van der Waals surface area contributed by atoms with Crippen LogP contribution in [0.4, 0.5) is 26.1 Å². The summed E-state index contributed by atoms with van der Waals surface area (Å²) in [4.78, 5) is 32.7. The Morgan fingerprint density at radius 1 is 1.17 bits per heavy atom. The summed E-state index contributed by atoms with van der Waals surface area (Å²) in [6.07, 6.45) is 2.81. The van der Waals surface area contributed by atoms with Gasteiger partial charge in [-0.15, -0.1) is 0 Å². The first-order chi connectivity index (χ1) is 16.7. The Balaban J connectivity index is 1.68. The van der Waals surface area contributed by atoms with E-state index < -0.39 is 34.8 Å². The van der Waals surface area contributed by atoms with Crippen molar-refractivity contribution in [2.75, 3.05) is 24.9 Å². The van der Waals surface area contributed by atoms with Crippen LogP contribution in [0.25, 0.3) is 11.1 Å². The number of carbonyl (C=O) groups is 2. The van der Waals surface area contributed by atoms with Gasteiger partial charge in [-0.2, -0.15) is 5.10 Å². The Morgan fingerprint density at radius 2 is 1.86 bits per heavy atom. The van der Waals surface area contributed by atoms with Crippen molar-refractivity contribution in [3.63, 3.8) is 0 Å². The van der Waals surface area contributed by atoms with Crippen LogP contribution in [-0.4, -0.2) is 51.0 Å². The van der Waals surface area contributed by atoms with Crippen LogP contribution < -0.4 is 20.1 Å². The Labute approximate surface area is 201 Å². The second-order valence-corrected chi connectivity index (χ2v) is 7.20. The number of thiocarbonyl (C=S) groups is 1. The standard InChI is InChI=1S/C21H16F2N6O5S/c1-29-7-10(25-15(30)8-35)20(28-29)27-14-4-9-13(6-24-14)34-21(26-9)19(31)16-17(22)11(32-2)5-12(33-3)18(16)23/h4-8H,1-3H3,(H,25,30)(H,24,27,28). The van der Waals surface area contributed by atoms with Gasteiger partial charge in [-0.05, 0) is 0 Å². The number of oxazole rings is 1. The number of aryl methyl sites for hydroxylation is 1. The van der Waals surface area contributed by atoms with Crippen molar-refractivity contribution >= 4 is 57.7 Å². The van der Waals surface area contributed by atoms with Gasteiger partial charge in [-0.25, -0.2) is 18.7 Å². The molecule has 1 aromatic carbocycles. The topological polar surface area (TPSA) is 133 Å². The van der Waals surface area contributed by atoms with E-state index in [-0.39, 0.29) is 34.2 Å². The van der Waals surface area contributed by atoms with Gasteiger partial charge in [-0.3, -0.25) is 14.3 Å². The van der Waals surface area contributed by atoms with Crippen molar-refractivity contribution in [1.29, 1.82) is 0 Å². The van der Waals surface area contributed by atoms with Gasteiger partial charge in [0.25, 0.3) is 17.6 Å². The number of aromatic nitrogens is 4. The number of nitrogens with one attached hydrogen (secondary N) is 2. The van der Waals surface area contributed by atoms with E-state index in [0.29, 0.717) is 5.69 Å². The third-order valence-electron chi connectivity index (χ3n) is 4.71. The normalized spacial score (nSPS) is 10.8. The molecule has 0 fully saturated rings. The highest BCUT2D eigenvalue weighted by Crippen LogP contribution is 2.33. The highest BCUT2D eigenvalue weighted by atomic mass is 32.1. The molecule has 0 aliphatic rings. The molecule has 0 unspecified atom stereocenters. The first-order valence-electron chi connectivity index (χ1n) is 9.73. The van der Waals surface area contributed by atoms with Gasteiger partial charge in [0.1, 0.15) is 22.6 Å². The fourth-order valence-electron chi connectivity index (χ4n) is 3.15. The predicted molar refractivity (Wildman–Crippen MR) is 123 cm³/mol. The maximum absolute atomic E-state index is 14.7. The fourth-order valence-corrected chi connectivity index (χ4v) is 3.21. The van der Waals surface area contributed by atoms with Crippen LogP contribution in [0, 0.1) is 11.6 Å². The van der Waals surface area contributed by atoms with Crippen molar-refractivity contribution < 1.29 is 32.3 Å². The Morgan fingerprint density at radius 3 is 2.49 bits per heavy atom. The molecule has 0 aliphatic heterocycles. The minimum Gasteiger partial charge on any atom is -0.494 e. The smallest absolute Gasteiger partial charge is 0.269 e. The Bertz CT molecular complexity index is 1460. The zero-order valence-electron chi connectivity index (χ0n) is 18.4. The van der Waals surface area contributed by atoms with E-state index >= 15 is 0 Å². The molecule has 0 aliphatic carbocycles. The van der Waals surface area contributed by atoms with E-state index in [9.17, 15) is 18.4 Å². The van der Waals surface area contributed by atoms with Crippen molar-refractivity contribution in [2.24, 2.45) is 7.05 Å². The van der Waals surface area contributed by atoms with Crippen LogP contribution in [-0.2, 0) is 11.8 Å². The molecule has 2 N–H and O–H groups in total. The minimum absolute atomic E-state index is 0.0878. The largest absolute Gasteiger partial charge is 0.494 e. The molecule has 35 heavy (non-hydrogen) atoms. The SMILES string of the molecule is COc1cc(OC)c(F)c(C(=O)c2nc3cc(Nc4nn(C)cc4NC(=O)C=S)ncc3o2)c1F. The maximum atomic E-state index is 14.7. The number of nitrogens with zero attached hydrogens (tertiary/aromatic N) is 4. The maximum Gasteiger partial charge on any atom is 0.269 e. The first-order valence-corrected chi connectivity index (χ1v) is 10.2. The second-order valence-electron chi connectivity index (χ2n) is 6.97. The molecular formula is C21H16F2N6O5S. The molecule has 180 valence electrons. The number of ketones is 1. The van der Waals surface area contributed by atoms with Gasteiger partial charge >= 0.3 is 0 Å². The van der Waals surface area contributed by atoms with Crippen LogP contribution in [0.5, 0.6) is 11.5 Å². The number of methoxy groups -OCH3 is 2. The number of hydrogen-bond donors (Lipinski definition) is 2. The molecule has 0 saturated carbocycles. The van der Waals surface area contributed by atoms with E-state index in [1.807, 2.05) is 0 Å². The number of ether oxygens (including phenoxy) is 2. The van der Waals surface area contributed by atoms with Crippen LogP contribution in [0.2, 0.25) is 0 Å². The second kappa shape index (κ2) is 9.42. The van der Waals surface area contributed by atoms with Crippen molar-refractivity contribution in [1.82, 2.24) is 19.7 Å². The van der Waals surface area contributed by atoms with Gasteiger partial charge in [0.2, 0.25) is 0 Å². The highest BCUT2D eigenvalue weighted by Gasteiger charge is 2.29. The predicted octanol–water partition coefficient (Wildman–Crippen LogP) is 3.16. The summed E-state index contributed by atoms with van der Waals surface area (Å²) < 4.78 is 46.0. The van der Waals surface area contributed by atoms with E-state index in [1.54, 1.807) is 13.2 Å². The zero-order valence-corrected chi connectivity index (χ0v) is 19.2. The van der Waals surface area contributed by atoms with Crippen LogP contribution >= 0.6 is 12.2 Å². The molecule has 1 amide bonds. The number of rotatable bonds is 8. The lowest BCUT2D eigenvalue weighted by Gasteiger charge is -2.10.